The first-order valence-electron chi connectivity index (χ1n) is 9.96. The van der Waals surface area contributed by atoms with E-state index in [1.54, 1.807) is 24.3 Å². The summed E-state index contributed by atoms with van der Waals surface area (Å²) in [7, 11) is -3.37. The van der Waals surface area contributed by atoms with Crippen molar-refractivity contribution in [1.82, 2.24) is 10.2 Å². The normalized spacial score (nSPS) is 14.7. The summed E-state index contributed by atoms with van der Waals surface area (Å²) in [6.07, 6.45) is 1.13. The molecule has 0 aromatic heterocycles. The number of hydrogen-bond donors (Lipinski definition) is 2. The third-order valence-corrected chi connectivity index (χ3v) is 5.41. The van der Waals surface area contributed by atoms with Gasteiger partial charge in [0, 0.05) is 32.7 Å². The number of guanidine groups is 1. The van der Waals surface area contributed by atoms with E-state index in [1.807, 2.05) is 30.0 Å². The number of hydrogen-bond acceptors (Lipinski definition) is 4. The third kappa shape index (κ3) is 7.23. The molecule has 2 aromatic rings. The lowest BCUT2D eigenvalue weighted by atomic mass is 10.2. The molecule has 10 heteroatoms. The summed E-state index contributed by atoms with van der Waals surface area (Å²) >= 11 is 0. The van der Waals surface area contributed by atoms with Crippen molar-refractivity contribution < 1.29 is 12.8 Å². The predicted molar refractivity (Wildman–Crippen MR) is 135 cm³/mol. The summed E-state index contributed by atoms with van der Waals surface area (Å²) in [5.74, 6) is 0.557. The Morgan fingerprint density at radius 2 is 1.71 bits per heavy atom. The summed E-state index contributed by atoms with van der Waals surface area (Å²) in [5.41, 5.74) is 1.95. The van der Waals surface area contributed by atoms with E-state index < -0.39 is 10.0 Å². The summed E-state index contributed by atoms with van der Waals surface area (Å²) in [4.78, 5) is 8.91. The predicted octanol–water partition coefficient (Wildman–Crippen LogP) is 3.10. The van der Waals surface area contributed by atoms with Crippen molar-refractivity contribution in [3.63, 3.8) is 0 Å². The van der Waals surface area contributed by atoms with Gasteiger partial charge in [0.05, 0.1) is 24.2 Å². The summed E-state index contributed by atoms with van der Waals surface area (Å²) in [6.45, 7) is 5.87. The van der Waals surface area contributed by atoms with Crippen LogP contribution in [-0.2, 0) is 16.6 Å². The van der Waals surface area contributed by atoms with Gasteiger partial charge < -0.3 is 15.1 Å². The van der Waals surface area contributed by atoms with Crippen LogP contribution in [0.4, 0.5) is 15.8 Å². The zero-order valence-corrected chi connectivity index (χ0v) is 20.9. The lowest BCUT2D eigenvalue weighted by Gasteiger charge is -2.37. The van der Waals surface area contributed by atoms with Crippen molar-refractivity contribution in [2.45, 2.75) is 13.5 Å². The average molecular weight is 561 g/mol. The molecular formula is C21H29FIN5O2S. The van der Waals surface area contributed by atoms with E-state index in [1.165, 1.54) is 6.07 Å². The van der Waals surface area contributed by atoms with Crippen molar-refractivity contribution in [2.24, 2.45) is 4.99 Å². The van der Waals surface area contributed by atoms with Crippen molar-refractivity contribution >= 4 is 51.3 Å². The molecule has 7 nitrogen and oxygen atoms in total. The van der Waals surface area contributed by atoms with Crippen LogP contribution < -0.4 is 14.9 Å². The Kier molecular flexibility index (Phi) is 9.35. The Morgan fingerprint density at radius 1 is 1.06 bits per heavy atom. The van der Waals surface area contributed by atoms with Gasteiger partial charge in [-0.1, -0.05) is 30.3 Å². The third-order valence-electron chi connectivity index (χ3n) is 4.82. The van der Waals surface area contributed by atoms with Crippen molar-refractivity contribution in [1.29, 1.82) is 0 Å². The Labute approximate surface area is 200 Å². The SMILES string of the molecule is CCNC(=NCc1ccccc1NS(C)(=O)=O)N1CCN(c2ccccc2F)CC1.I. The van der Waals surface area contributed by atoms with E-state index in [9.17, 15) is 12.8 Å². The van der Waals surface area contributed by atoms with Gasteiger partial charge in [-0.3, -0.25) is 4.72 Å². The van der Waals surface area contributed by atoms with E-state index >= 15 is 0 Å². The van der Waals surface area contributed by atoms with Crippen LogP contribution in [0.2, 0.25) is 0 Å². The molecule has 0 atom stereocenters. The molecule has 0 bridgehead atoms. The Hall–Kier alpha value is -2.08. The summed E-state index contributed by atoms with van der Waals surface area (Å²) in [6, 6.07) is 14.1. The quantitative estimate of drug-likeness (QED) is 0.322. The summed E-state index contributed by atoms with van der Waals surface area (Å²) < 4.78 is 39.8. The van der Waals surface area contributed by atoms with Crippen LogP contribution in [0.15, 0.2) is 53.5 Å². The van der Waals surface area contributed by atoms with E-state index in [2.05, 4.69) is 14.9 Å². The molecule has 1 heterocycles. The van der Waals surface area contributed by atoms with Crippen LogP contribution in [-0.4, -0.2) is 58.3 Å². The van der Waals surface area contributed by atoms with Gasteiger partial charge in [-0.05, 0) is 30.7 Å². The standard InChI is InChI=1S/C21H28FN5O2S.HI/c1-3-23-21(24-16-17-8-4-6-10-19(17)25-30(2,28)29)27-14-12-26(13-15-27)20-11-7-5-9-18(20)22;/h4-11,25H,3,12-16H2,1-2H3,(H,23,24);1H. The van der Waals surface area contributed by atoms with Crippen LogP contribution in [0.25, 0.3) is 0 Å². The molecule has 3 rings (SSSR count). The van der Waals surface area contributed by atoms with Crippen LogP contribution in [0.5, 0.6) is 0 Å². The highest BCUT2D eigenvalue weighted by atomic mass is 127. The maximum absolute atomic E-state index is 14.1. The van der Waals surface area contributed by atoms with Gasteiger partial charge in [-0.25, -0.2) is 17.8 Å². The number of rotatable bonds is 6. The lowest BCUT2D eigenvalue weighted by Crippen LogP contribution is -2.52. The Morgan fingerprint density at radius 3 is 2.35 bits per heavy atom. The molecule has 2 N–H and O–H groups in total. The van der Waals surface area contributed by atoms with Gasteiger partial charge in [0.25, 0.3) is 0 Å². The first-order valence-corrected chi connectivity index (χ1v) is 11.8. The molecule has 0 radical (unpaired) electrons. The van der Waals surface area contributed by atoms with Gasteiger partial charge in [-0.2, -0.15) is 0 Å². The molecule has 1 saturated heterocycles. The molecule has 170 valence electrons. The fourth-order valence-corrected chi connectivity index (χ4v) is 4.01. The molecule has 2 aromatic carbocycles. The zero-order valence-electron chi connectivity index (χ0n) is 17.7. The zero-order chi connectivity index (χ0) is 21.6. The van der Waals surface area contributed by atoms with E-state index in [0.29, 0.717) is 44.1 Å². The number of sulfonamides is 1. The minimum Gasteiger partial charge on any atom is -0.366 e. The van der Waals surface area contributed by atoms with Crippen LogP contribution >= 0.6 is 24.0 Å². The van der Waals surface area contributed by atoms with E-state index in [-0.39, 0.29) is 29.8 Å². The number of halogens is 2. The molecule has 0 spiro atoms. The monoisotopic (exact) mass is 561 g/mol. The van der Waals surface area contributed by atoms with E-state index in [4.69, 9.17) is 4.99 Å². The Bertz CT molecular complexity index is 995. The van der Waals surface area contributed by atoms with Crippen molar-refractivity contribution in [3.05, 3.63) is 59.9 Å². The second-order valence-electron chi connectivity index (χ2n) is 7.13. The van der Waals surface area contributed by atoms with Crippen molar-refractivity contribution in [3.8, 4) is 0 Å². The fourth-order valence-electron chi connectivity index (χ4n) is 3.41. The molecule has 0 amide bonds. The smallest absolute Gasteiger partial charge is 0.229 e. The molecule has 1 aliphatic heterocycles. The largest absolute Gasteiger partial charge is 0.366 e. The number of para-hydroxylation sites is 2. The number of nitrogens with one attached hydrogen (secondary N) is 2. The Balaban J connectivity index is 0.00000341. The number of anilines is 2. The van der Waals surface area contributed by atoms with Gasteiger partial charge in [0.2, 0.25) is 10.0 Å². The van der Waals surface area contributed by atoms with Gasteiger partial charge >= 0.3 is 0 Å². The van der Waals surface area contributed by atoms with Gasteiger partial charge in [0.1, 0.15) is 5.82 Å². The maximum atomic E-state index is 14.1. The molecule has 1 fully saturated rings. The van der Waals surface area contributed by atoms with Gasteiger partial charge in [0.15, 0.2) is 5.96 Å². The highest BCUT2D eigenvalue weighted by Gasteiger charge is 2.21. The highest BCUT2D eigenvalue weighted by Crippen LogP contribution is 2.21. The van der Waals surface area contributed by atoms with Crippen molar-refractivity contribution in [2.75, 3.05) is 48.6 Å². The van der Waals surface area contributed by atoms with Crippen LogP contribution in [0.3, 0.4) is 0 Å². The first kappa shape index (κ1) is 25.2. The molecular weight excluding hydrogens is 532 g/mol. The fraction of sp³-hybridized carbons (Fsp3) is 0.381. The topological polar surface area (TPSA) is 77.0 Å². The second-order valence-corrected chi connectivity index (χ2v) is 8.88. The highest BCUT2D eigenvalue weighted by molar-refractivity contribution is 14.0. The number of piperazine rings is 1. The molecule has 1 aliphatic rings. The van der Waals surface area contributed by atoms with E-state index in [0.717, 1.165) is 24.3 Å². The number of aliphatic imine (C=N–C) groups is 1. The molecule has 0 saturated carbocycles. The van der Waals surface area contributed by atoms with Crippen LogP contribution in [0.1, 0.15) is 12.5 Å². The van der Waals surface area contributed by atoms with Crippen LogP contribution in [0, 0.1) is 5.82 Å². The van der Waals surface area contributed by atoms with Gasteiger partial charge in [-0.15, -0.1) is 24.0 Å². The summed E-state index contributed by atoms with van der Waals surface area (Å²) in [5, 5.41) is 3.30. The minimum atomic E-state index is -3.37. The first-order chi connectivity index (χ1) is 14.4. The molecule has 0 aliphatic carbocycles. The molecule has 0 unspecified atom stereocenters. The number of benzene rings is 2. The minimum absolute atomic E-state index is 0. The average Bonchev–Trinajstić information content (AvgIpc) is 2.72. The second kappa shape index (κ2) is 11.5. The lowest BCUT2D eigenvalue weighted by molar-refractivity contribution is 0.370. The number of nitrogens with zero attached hydrogens (tertiary/aromatic N) is 3. The maximum Gasteiger partial charge on any atom is 0.229 e. The molecule has 31 heavy (non-hydrogen) atoms.